The Labute approximate surface area is 121 Å². The minimum absolute atomic E-state index is 0.146. The lowest BCUT2D eigenvalue weighted by Gasteiger charge is -2.09. The molecule has 0 radical (unpaired) electrons. The molecule has 0 fully saturated rings. The van der Waals surface area contributed by atoms with Gasteiger partial charge in [-0.3, -0.25) is 0 Å². The summed E-state index contributed by atoms with van der Waals surface area (Å²) in [6.45, 7) is 1.73. The SMILES string of the molecule is Cc1c(Cl)nc2ncnn2c1Sc1cc(F)ccc1F. The Balaban J connectivity index is 2.17. The van der Waals surface area contributed by atoms with Crippen molar-refractivity contribution in [1.29, 1.82) is 0 Å². The molecule has 20 heavy (non-hydrogen) atoms. The molecule has 0 N–H and O–H groups in total. The van der Waals surface area contributed by atoms with E-state index < -0.39 is 11.6 Å². The van der Waals surface area contributed by atoms with Crippen LogP contribution in [0.3, 0.4) is 0 Å². The normalized spacial score (nSPS) is 11.2. The molecule has 2 aromatic heterocycles. The number of hydrogen-bond acceptors (Lipinski definition) is 4. The molecule has 0 spiro atoms. The molecular weight excluding hydrogens is 306 g/mol. The first kappa shape index (κ1) is 13.3. The number of fused-ring (bicyclic) bond motifs is 1. The first-order valence-corrected chi connectivity index (χ1v) is 6.74. The maximum atomic E-state index is 13.7. The van der Waals surface area contributed by atoms with E-state index in [4.69, 9.17) is 11.6 Å². The zero-order valence-corrected chi connectivity index (χ0v) is 11.7. The van der Waals surface area contributed by atoms with Gasteiger partial charge in [-0.25, -0.2) is 8.78 Å². The van der Waals surface area contributed by atoms with E-state index in [2.05, 4.69) is 15.1 Å². The summed E-state index contributed by atoms with van der Waals surface area (Å²) in [5.74, 6) is -0.724. The third-order valence-electron chi connectivity index (χ3n) is 2.65. The summed E-state index contributed by atoms with van der Waals surface area (Å²) < 4.78 is 28.4. The highest BCUT2D eigenvalue weighted by atomic mass is 35.5. The quantitative estimate of drug-likeness (QED) is 0.679. The zero-order valence-electron chi connectivity index (χ0n) is 10.1. The summed E-state index contributed by atoms with van der Waals surface area (Å²) in [7, 11) is 0. The Morgan fingerprint density at radius 1 is 1.30 bits per heavy atom. The van der Waals surface area contributed by atoms with E-state index in [9.17, 15) is 8.78 Å². The molecule has 0 amide bonds. The third-order valence-corrected chi connectivity index (χ3v) is 4.22. The fraction of sp³-hybridized carbons (Fsp3) is 0.0833. The van der Waals surface area contributed by atoms with Gasteiger partial charge in [-0.2, -0.15) is 19.6 Å². The van der Waals surface area contributed by atoms with Gasteiger partial charge in [0.15, 0.2) is 0 Å². The predicted molar refractivity (Wildman–Crippen MR) is 71.0 cm³/mol. The molecule has 0 aliphatic carbocycles. The molecule has 102 valence electrons. The Hall–Kier alpha value is -1.73. The number of hydrogen-bond donors (Lipinski definition) is 0. The highest BCUT2D eigenvalue weighted by Crippen LogP contribution is 2.34. The van der Waals surface area contributed by atoms with Gasteiger partial charge in [-0.15, -0.1) is 0 Å². The summed E-state index contributed by atoms with van der Waals surface area (Å²) in [5, 5.41) is 4.81. The zero-order chi connectivity index (χ0) is 14.3. The standard InChI is InChI=1S/C12H7ClF2N4S/c1-6-10(13)18-12-16-5-17-19(12)11(6)20-9-4-7(14)2-3-8(9)15/h2-5H,1H3. The van der Waals surface area contributed by atoms with Gasteiger partial charge in [-0.1, -0.05) is 23.4 Å². The van der Waals surface area contributed by atoms with E-state index in [1.165, 1.54) is 10.8 Å². The molecule has 3 aromatic rings. The molecular formula is C12H7ClF2N4S. The summed E-state index contributed by atoms with van der Waals surface area (Å²) in [4.78, 5) is 8.13. The second kappa shape index (κ2) is 4.99. The van der Waals surface area contributed by atoms with Crippen molar-refractivity contribution >= 4 is 29.1 Å². The van der Waals surface area contributed by atoms with Crippen molar-refractivity contribution in [3.05, 3.63) is 46.9 Å². The van der Waals surface area contributed by atoms with Crippen LogP contribution in [0.4, 0.5) is 8.78 Å². The number of aromatic nitrogens is 4. The minimum Gasteiger partial charge on any atom is -0.207 e. The number of rotatable bonds is 2. The van der Waals surface area contributed by atoms with Crippen molar-refractivity contribution < 1.29 is 8.78 Å². The van der Waals surface area contributed by atoms with Crippen LogP contribution in [0.1, 0.15) is 5.56 Å². The number of halogens is 3. The lowest BCUT2D eigenvalue weighted by atomic mass is 10.3. The van der Waals surface area contributed by atoms with Crippen molar-refractivity contribution in [3.63, 3.8) is 0 Å². The fourth-order valence-corrected chi connectivity index (χ4v) is 2.88. The maximum Gasteiger partial charge on any atom is 0.254 e. The molecule has 0 aliphatic heterocycles. The Morgan fingerprint density at radius 3 is 2.90 bits per heavy atom. The van der Waals surface area contributed by atoms with Gasteiger partial charge in [-0.05, 0) is 25.1 Å². The Bertz CT molecular complexity index is 805. The highest BCUT2D eigenvalue weighted by Gasteiger charge is 2.15. The van der Waals surface area contributed by atoms with E-state index in [-0.39, 0.29) is 10.0 Å². The van der Waals surface area contributed by atoms with Crippen molar-refractivity contribution in [3.8, 4) is 0 Å². The molecule has 2 heterocycles. The lowest BCUT2D eigenvalue weighted by Crippen LogP contribution is -2.00. The third kappa shape index (κ3) is 2.23. The number of benzene rings is 1. The number of nitrogens with zero attached hydrogens (tertiary/aromatic N) is 4. The minimum atomic E-state index is -0.517. The molecule has 8 heteroatoms. The summed E-state index contributed by atoms with van der Waals surface area (Å²) in [6, 6.07) is 3.27. The van der Waals surface area contributed by atoms with Crippen LogP contribution in [0.25, 0.3) is 5.78 Å². The molecule has 0 atom stereocenters. The average Bonchev–Trinajstić information content (AvgIpc) is 2.86. The lowest BCUT2D eigenvalue weighted by molar-refractivity contribution is 0.577. The van der Waals surface area contributed by atoms with Crippen LogP contribution in [0.15, 0.2) is 34.4 Å². The van der Waals surface area contributed by atoms with Crippen LogP contribution in [0.2, 0.25) is 5.15 Å². The van der Waals surface area contributed by atoms with E-state index in [1.54, 1.807) is 6.92 Å². The molecule has 0 bridgehead atoms. The molecule has 0 saturated carbocycles. The van der Waals surface area contributed by atoms with Crippen LogP contribution >= 0.6 is 23.4 Å². The largest absolute Gasteiger partial charge is 0.254 e. The molecule has 4 nitrogen and oxygen atoms in total. The first-order valence-electron chi connectivity index (χ1n) is 5.55. The van der Waals surface area contributed by atoms with Gasteiger partial charge in [0.1, 0.15) is 28.1 Å². The molecule has 0 unspecified atom stereocenters. The van der Waals surface area contributed by atoms with E-state index >= 15 is 0 Å². The highest BCUT2D eigenvalue weighted by molar-refractivity contribution is 7.99. The summed E-state index contributed by atoms with van der Waals surface area (Å²) >= 11 is 7.04. The van der Waals surface area contributed by atoms with Crippen LogP contribution in [-0.4, -0.2) is 19.6 Å². The van der Waals surface area contributed by atoms with Crippen LogP contribution in [0.5, 0.6) is 0 Å². The Morgan fingerprint density at radius 2 is 2.10 bits per heavy atom. The molecule has 3 rings (SSSR count). The van der Waals surface area contributed by atoms with Gasteiger partial charge < -0.3 is 0 Å². The predicted octanol–water partition coefficient (Wildman–Crippen LogP) is 3.52. The van der Waals surface area contributed by atoms with Crippen molar-refractivity contribution in [1.82, 2.24) is 19.6 Å². The van der Waals surface area contributed by atoms with E-state index in [0.29, 0.717) is 16.4 Å². The van der Waals surface area contributed by atoms with Crippen molar-refractivity contribution in [2.24, 2.45) is 0 Å². The van der Waals surface area contributed by atoms with Gasteiger partial charge >= 0.3 is 0 Å². The van der Waals surface area contributed by atoms with Gasteiger partial charge in [0.25, 0.3) is 5.78 Å². The van der Waals surface area contributed by atoms with Gasteiger partial charge in [0.2, 0.25) is 0 Å². The smallest absolute Gasteiger partial charge is 0.207 e. The second-order valence-electron chi connectivity index (χ2n) is 3.98. The van der Waals surface area contributed by atoms with Crippen molar-refractivity contribution in [2.45, 2.75) is 16.8 Å². The van der Waals surface area contributed by atoms with Gasteiger partial charge in [0, 0.05) is 5.56 Å². The average molecular weight is 313 g/mol. The topological polar surface area (TPSA) is 43.1 Å². The summed E-state index contributed by atoms with van der Waals surface area (Å²) in [6.07, 6.45) is 1.32. The van der Waals surface area contributed by atoms with Crippen molar-refractivity contribution in [2.75, 3.05) is 0 Å². The van der Waals surface area contributed by atoms with E-state index in [1.807, 2.05) is 0 Å². The first-order chi connectivity index (χ1) is 9.56. The maximum absolute atomic E-state index is 13.7. The summed E-state index contributed by atoms with van der Waals surface area (Å²) in [5.41, 5.74) is 0.623. The monoisotopic (exact) mass is 312 g/mol. The van der Waals surface area contributed by atoms with Crippen LogP contribution in [-0.2, 0) is 0 Å². The molecule has 0 saturated heterocycles. The fourth-order valence-electron chi connectivity index (χ4n) is 1.65. The Kier molecular flexibility index (Phi) is 3.31. The van der Waals surface area contributed by atoms with Crippen LogP contribution in [0, 0.1) is 18.6 Å². The molecule has 0 aliphatic rings. The van der Waals surface area contributed by atoms with Gasteiger partial charge in [0.05, 0.1) is 4.90 Å². The molecule has 1 aromatic carbocycles. The van der Waals surface area contributed by atoms with Crippen LogP contribution < -0.4 is 0 Å². The second-order valence-corrected chi connectivity index (χ2v) is 5.37. The van der Waals surface area contributed by atoms with E-state index in [0.717, 1.165) is 30.0 Å².